The molecule has 0 aliphatic carbocycles. The number of hydrogen-bond donors (Lipinski definition) is 1. The van der Waals surface area contributed by atoms with Gasteiger partial charge in [-0.2, -0.15) is 4.98 Å². The average molecular weight is 264 g/mol. The van der Waals surface area contributed by atoms with E-state index in [9.17, 15) is 4.79 Å². The first-order valence-electron chi connectivity index (χ1n) is 5.39. The monoisotopic (exact) mass is 264 g/mol. The average Bonchev–Trinajstić information content (AvgIpc) is 2.81. The van der Waals surface area contributed by atoms with E-state index in [1.807, 2.05) is 17.5 Å². The third kappa shape index (κ3) is 3.27. The van der Waals surface area contributed by atoms with E-state index in [0.29, 0.717) is 12.3 Å². The molecule has 2 aromatic rings. The Labute approximate surface area is 108 Å². The van der Waals surface area contributed by atoms with Crippen LogP contribution in [0.5, 0.6) is 6.01 Å². The quantitative estimate of drug-likeness (QED) is 0.896. The van der Waals surface area contributed by atoms with Gasteiger partial charge in [-0.3, -0.25) is 0 Å². The van der Waals surface area contributed by atoms with Crippen LogP contribution >= 0.6 is 11.3 Å². The zero-order chi connectivity index (χ0) is 13.0. The van der Waals surface area contributed by atoms with Gasteiger partial charge in [-0.25, -0.2) is 9.78 Å². The molecular formula is C12H12N2O3S. The molecule has 2 heterocycles. The van der Waals surface area contributed by atoms with E-state index in [4.69, 9.17) is 9.84 Å². The summed E-state index contributed by atoms with van der Waals surface area (Å²) in [6.45, 7) is 2.14. The maximum atomic E-state index is 10.8. The van der Waals surface area contributed by atoms with Gasteiger partial charge in [0.25, 0.3) is 0 Å². The molecular weight excluding hydrogens is 252 g/mol. The molecule has 2 rings (SSSR count). The Hall–Kier alpha value is -1.95. The van der Waals surface area contributed by atoms with Crippen molar-refractivity contribution < 1.29 is 14.6 Å². The third-order valence-corrected chi connectivity index (χ3v) is 3.15. The van der Waals surface area contributed by atoms with Gasteiger partial charge in [0.05, 0.1) is 6.61 Å². The SMILES string of the molecule is Cc1cc(C(=O)O)nc(OCCc2cccs2)n1. The maximum absolute atomic E-state index is 10.8. The number of aromatic carboxylic acids is 1. The summed E-state index contributed by atoms with van der Waals surface area (Å²) in [5.41, 5.74) is 0.530. The second kappa shape index (κ2) is 5.59. The summed E-state index contributed by atoms with van der Waals surface area (Å²) in [5, 5.41) is 10.9. The summed E-state index contributed by atoms with van der Waals surface area (Å²) in [7, 11) is 0. The predicted octanol–water partition coefficient (Wildman–Crippen LogP) is 2.17. The van der Waals surface area contributed by atoms with Crippen LogP contribution in [0.15, 0.2) is 23.6 Å². The lowest BCUT2D eigenvalue weighted by Crippen LogP contribution is -2.08. The van der Waals surface area contributed by atoms with E-state index < -0.39 is 5.97 Å². The first-order chi connectivity index (χ1) is 8.65. The molecule has 0 aromatic carbocycles. The first-order valence-corrected chi connectivity index (χ1v) is 6.27. The number of nitrogens with zero attached hydrogens (tertiary/aromatic N) is 2. The second-order valence-electron chi connectivity index (χ2n) is 3.66. The number of carboxylic acids is 1. The van der Waals surface area contributed by atoms with Gasteiger partial charge in [0.15, 0.2) is 5.69 Å². The van der Waals surface area contributed by atoms with E-state index >= 15 is 0 Å². The van der Waals surface area contributed by atoms with E-state index in [-0.39, 0.29) is 11.7 Å². The maximum Gasteiger partial charge on any atom is 0.354 e. The Balaban J connectivity index is 1.98. The minimum atomic E-state index is -1.08. The van der Waals surface area contributed by atoms with Crippen molar-refractivity contribution in [2.45, 2.75) is 13.3 Å². The Morgan fingerprint density at radius 1 is 1.50 bits per heavy atom. The van der Waals surface area contributed by atoms with Crippen LogP contribution in [0.1, 0.15) is 21.1 Å². The Morgan fingerprint density at radius 3 is 3.00 bits per heavy atom. The number of rotatable bonds is 5. The van der Waals surface area contributed by atoms with Gasteiger partial charge in [-0.15, -0.1) is 11.3 Å². The molecule has 0 spiro atoms. The first kappa shape index (κ1) is 12.5. The minimum Gasteiger partial charge on any atom is -0.477 e. The summed E-state index contributed by atoms with van der Waals surface area (Å²) < 4.78 is 5.37. The topological polar surface area (TPSA) is 72.3 Å². The van der Waals surface area contributed by atoms with Crippen molar-refractivity contribution in [3.05, 3.63) is 39.8 Å². The van der Waals surface area contributed by atoms with Gasteiger partial charge in [-0.05, 0) is 24.4 Å². The molecule has 0 amide bonds. The van der Waals surface area contributed by atoms with Crippen LogP contribution in [0.25, 0.3) is 0 Å². The van der Waals surface area contributed by atoms with Crippen LogP contribution in [0.3, 0.4) is 0 Å². The number of thiophene rings is 1. The van der Waals surface area contributed by atoms with E-state index in [2.05, 4.69) is 9.97 Å². The lowest BCUT2D eigenvalue weighted by molar-refractivity contribution is 0.0688. The molecule has 18 heavy (non-hydrogen) atoms. The van der Waals surface area contributed by atoms with Gasteiger partial charge in [0.2, 0.25) is 0 Å². The molecule has 0 aliphatic rings. The van der Waals surface area contributed by atoms with Crippen LogP contribution in [-0.2, 0) is 6.42 Å². The van der Waals surface area contributed by atoms with Gasteiger partial charge < -0.3 is 9.84 Å². The van der Waals surface area contributed by atoms with Crippen molar-refractivity contribution in [3.8, 4) is 6.01 Å². The molecule has 1 N–H and O–H groups in total. The standard InChI is InChI=1S/C12H12N2O3S/c1-8-7-10(11(15)16)14-12(13-8)17-5-4-9-3-2-6-18-9/h2-3,6-7H,4-5H2,1H3,(H,15,16). The van der Waals surface area contributed by atoms with Gasteiger partial charge in [0, 0.05) is 17.0 Å². The van der Waals surface area contributed by atoms with Crippen molar-refractivity contribution in [2.24, 2.45) is 0 Å². The number of aryl methyl sites for hydroxylation is 1. The smallest absolute Gasteiger partial charge is 0.354 e. The van der Waals surface area contributed by atoms with Crippen molar-refractivity contribution in [1.29, 1.82) is 0 Å². The summed E-state index contributed by atoms with van der Waals surface area (Å²) >= 11 is 1.65. The molecule has 0 saturated heterocycles. The van der Waals surface area contributed by atoms with Gasteiger partial charge in [-0.1, -0.05) is 6.07 Å². The van der Waals surface area contributed by atoms with Gasteiger partial charge in [0.1, 0.15) is 0 Å². The lowest BCUT2D eigenvalue weighted by Gasteiger charge is -2.05. The van der Waals surface area contributed by atoms with Crippen LogP contribution in [0, 0.1) is 6.92 Å². The fraction of sp³-hybridized carbons (Fsp3) is 0.250. The van der Waals surface area contributed by atoms with Gasteiger partial charge >= 0.3 is 12.0 Å². The van der Waals surface area contributed by atoms with Crippen LogP contribution in [0.2, 0.25) is 0 Å². The summed E-state index contributed by atoms with van der Waals surface area (Å²) in [5.74, 6) is -1.08. The molecule has 2 aromatic heterocycles. The number of carboxylic acid groups (broad SMARTS) is 1. The highest BCUT2D eigenvalue weighted by Gasteiger charge is 2.09. The Kier molecular flexibility index (Phi) is 3.88. The fourth-order valence-corrected chi connectivity index (χ4v) is 2.10. The van der Waals surface area contributed by atoms with Crippen molar-refractivity contribution in [2.75, 3.05) is 6.61 Å². The zero-order valence-electron chi connectivity index (χ0n) is 9.79. The molecule has 0 fully saturated rings. The van der Waals surface area contributed by atoms with Crippen molar-refractivity contribution in [1.82, 2.24) is 9.97 Å². The van der Waals surface area contributed by atoms with Crippen LogP contribution in [-0.4, -0.2) is 27.7 Å². The number of carbonyl (C=O) groups is 1. The molecule has 0 unspecified atom stereocenters. The largest absolute Gasteiger partial charge is 0.477 e. The number of ether oxygens (including phenoxy) is 1. The van der Waals surface area contributed by atoms with Crippen LogP contribution in [0.4, 0.5) is 0 Å². The molecule has 5 nitrogen and oxygen atoms in total. The summed E-state index contributed by atoms with van der Waals surface area (Å²) in [6.07, 6.45) is 0.761. The lowest BCUT2D eigenvalue weighted by atomic mass is 10.3. The molecule has 0 bridgehead atoms. The van der Waals surface area contributed by atoms with Crippen molar-refractivity contribution >= 4 is 17.3 Å². The zero-order valence-corrected chi connectivity index (χ0v) is 10.6. The highest BCUT2D eigenvalue weighted by molar-refractivity contribution is 7.09. The molecule has 6 heteroatoms. The highest BCUT2D eigenvalue weighted by Crippen LogP contribution is 2.11. The minimum absolute atomic E-state index is 0.0476. The fourth-order valence-electron chi connectivity index (χ4n) is 1.41. The Morgan fingerprint density at radius 2 is 2.33 bits per heavy atom. The number of hydrogen-bond acceptors (Lipinski definition) is 5. The predicted molar refractivity (Wildman–Crippen MR) is 67.2 cm³/mol. The van der Waals surface area contributed by atoms with E-state index in [1.165, 1.54) is 10.9 Å². The molecule has 0 atom stereocenters. The Bertz CT molecular complexity index is 540. The van der Waals surface area contributed by atoms with E-state index in [1.54, 1.807) is 18.3 Å². The van der Waals surface area contributed by atoms with E-state index in [0.717, 1.165) is 6.42 Å². The highest BCUT2D eigenvalue weighted by atomic mass is 32.1. The molecule has 0 saturated carbocycles. The third-order valence-electron chi connectivity index (χ3n) is 2.21. The number of aromatic nitrogens is 2. The normalized spacial score (nSPS) is 10.3. The van der Waals surface area contributed by atoms with Crippen molar-refractivity contribution in [3.63, 3.8) is 0 Å². The molecule has 0 radical (unpaired) electrons. The van der Waals surface area contributed by atoms with Crippen LogP contribution < -0.4 is 4.74 Å². The molecule has 94 valence electrons. The summed E-state index contributed by atoms with van der Waals surface area (Å²) in [4.78, 5) is 19.9. The second-order valence-corrected chi connectivity index (χ2v) is 4.69. The summed E-state index contributed by atoms with van der Waals surface area (Å²) in [6, 6.07) is 5.53. The molecule has 0 aliphatic heterocycles.